The highest BCUT2D eigenvalue weighted by atomic mass is 19.4. The highest BCUT2D eigenvalue weighted by Crippen LogP contribution is 2.37. The standard InChI is InChI=1S/C26H31BF3NO2/c1-16(2)12-23(31-22-14-17(3)21(13-18(22)4)26(28,29)30)19-10-9-11-20(15-19)27-32-24(5,6)25(7,8)33-27/h9-11,13-15H,1,12H2,2-8H3. The molecule has 0 aromatic heterocycles. The predicted molar refractivity (Wildman–Crippen MR) is 129 cm³/mol. The fourth-order valence-corrected chi connectivity index (χ4v) is 3.71. The number of halogens is 3. The Labute approximate surface area is 194 Å². The van der Waals surface area contributed by atoms with Gasteiger partial charge in [-0.3, -0.25) is 4.99 Å². The Hall–Kier alpha value is -2.38. The molecule has 0 radical (unpaired) electrons. The molecule has 0 aliphatic carbocycles. The molecule has 0 bridgehead atoms. The molecule has 0 amide bonds. The summed E-state index contributed by atoms with van der Waals surface area (Å²) in [6.07, 6.45) is -3.90. The second-order valence-corrected chi connectivity index (χ2v) is 9.86. The van der Waals surface area contributed by atoms with Gasteiger partial charge in [-0.2, -0.15) is 13.2 Å². The molecular weight excluding hydrogens is 426 g/mol. The molecule has 1 aliphatic heterocycles. The van der Waals surface area contributed by atoms with Crippen LogP contribution in [0, 0.1) is 13.8 Å². The monoisotopic (exact) mass is 457 g/mol. The van der Waals surface area contributed by atoms with Crippen LogP contribution < -0.4 is 5.46 Å². The maximum absolute atomic E-state index is 13.3. The van der Waals surface area contributed by atoms with E-state index in [2.05, 4.69) is 6.58 Å². The third kappa shape index (κ3) is 5.41. The molecule has 33 heavy (non-hydrogen) atoms. The summed E-state index contributed by atoms with van der Waals surface area (Å²) in [4.78, 5) is 4.78. The van der Waals surface area contributed by atoms with E-state index in [0.717, 1.165) is 28.4 Å². The Morgan fingerprint density at radius 1 is 1.00 bits per heavy atom. The van der Waals surface area contributed by atoms with E-state index in [1.807, 2.05) is 58.9 Å². The van der Waals surface area contributed by atoms with E-state index in [9.17, 15) is 13.2 Å². The molecule has 1 aliphatic rings. The number of aryl methyl sites for hydroxylation is 2. The molecule has 0 saturated carbocycles. The van der Waals surface area contributed by atoms with Gasteiger partial charge in [-0.05, 0) is 82.8 Å². The van der Waals surface area contributed by atoms with E-state index in [0.29, 0.717) is 17.7 Å². The molecule has 0 atom stereocenters. The first kappa shape index (κ1) is 25.3. The average Bonchev–Trinajstić information content (AvgIpc) is 2.90. The molecular formula is C26H31BF3NO2. The first-order chi connectivity index (χ1) is 15.1. The van der Waals surface area contributed by atoms with Crippen molar-refractivity contribution in [2.75, 3.05) is 0 Å². The Morgan fingerprint density at radius 3 is 2.15 bits per heavy atom. The van der Waals surface area contributed by atoms with Crippen LogP contribution in [0.4, 0.5) is 18.9 Å². The van der Waals surface area contributed by atoms with Gasteiger partial charge in [-0.15, -0.1) is 0 Å². The summed E-state index contributed by atoms with van der Waals surface area (Å²) in [7, 11) is -0.518. The predicted octanol–water partition coefficient (Wildman–Crippen LogP) is 6.71. The van der Waals surface area contributed by atoms with Crippen molar-refractivity contribution in [3.05, 3.63) is 70.8 Å². The lowest BCUT2D eigenvalue weighted by Crippen LogP contribution is -2.41. The lowest BCUT2D eigenvalue weighted by molar-refractivity contribution is -0.138. The van der Waals surface area contributed by atoms with Crippen molar-refractivity contribution in [1.29, 1.82) is 0 Å². The Balaban J connectivity index is 2.03. The highest BCUT2D eigenvalue weighted by Gasteiger charge is 2.51. The summed E-state index contributed by atoms with van der Waals surface area (Å²) in [5, 5.41) is 0. The quantitative estimate of drug-likeness (QED) is 0.284. The van der Waals surface area contributed by atoms with Gasteiger partial charge in [0.15, 0.2) is 0 Å². The summed E-state index contributed by atoms with van der Waals surface area (Å²) < 4.78 is 52.2. The average molecular weight is 457 g/mol. The number of allylic oxidation sites excluding steroid dienone is 1. The third-order valence-corrected chi connectivity index (χ3v) is 6.32. The number of alkyl halides is 3. The largest absolute Gasteiger partial charge is 0.494 e. The number of nitrogens with zero attached hydrogens (tertiary/aromatic N) is 1. The van der Waals surface area contributed by atoms with Crippen molar-refractivity contribution in [1.82, 2.24) is 0 Å². The van der Waals surface area contributed by atoms with Gasteiger partial charge in [-0.25, -0.2) is 0 Å². The summed E-state index contributed by atoms with van der Waals surface area (Å²) in [6.45, 7) is 17.0. The fourth-order valence-electron chi connectivity index (χ4n) is 3.71. The molecule has 0 N–H and O–H groups in total. The molecule has 1 saturated heterocycles. The number of hydrogen-bond donors (Lipinski definition) is 0. The van der Waals surface area contributed by atoms with E-state index in [-0.39, 0.29) is 5.56 Å². The van der Waals surface area contributed by atoms with Crippen molar-refractivity contribution >= 4 is 24.0 Å². The molecule has 2 aromatic rings. The molecule has 2 aromatic carbocycles. The zero-order valence-corrected chi connectivity index (χ0v) is 20.4. The maximum Gasteiger partial charge on any atom is 0.494 e. The van der Waals surface area contributed by atoms with Crippen molar-refractivity contribution < 1.29 is 22.5 Å². The topological polar surface area (TPSA) is 30.8 Å². The van der Waals surface area contributed by atoms with Crippen LogP contribution in [0.2, 0.25) is 0 Å². The number of aliphatic imine (C=N–C) groups is 1. The molecule has 176 valence electrons. The highest BCUT2D eigenvalue weighted by molar-refractivity contribution is 6.62. The normalized spacial score (nSPS) is 18.0. The van der Waals surface area contributed by atoms with Crippen LogP contribution in [0.3, 0.4) is 0 Å². The minimum Gasteiger partial charge on any atom is -0.399 e. The minimum atomic E-state index is -4.39. The smallest absolute Gasteiger partial charge is 0.399 e. The van der Waals surface area contributed by atoms with Gasteiger partial charge < -0.3 is 9.31 Å². The van der Waals surface area contributed by atoms with Gasteiger partial charge in [0.25, 0.3) is 0 Å². The van der Waals surface area contributed by atoms with Crippen molar-refractivity contribution in [3.63, 3.8) is 0 Å². The van der Waals surface area contributed by atoms with Gasteiger partial charge in [-0.1, -0.05) is 36.4 Å². The van der Waals surface area contributed by atoms with E-state index in [4.69, 9.17) is 14.3 Å². The van der Waals surface area contributed by atoms with Crippen molar-refractivity contribution in [2.24, 2.45) is 4.99 Å². The van der Waals surface area contributed by atoms with Crippen LogP contribution in [0.1, 0.15) is 63.3 Å². The number of hydrogen-bond acceptors (Lipinski definition) is 3. The van der Waals surface area contributed by atoms with E-state index >= 15 is 0 Å². The summed E-state index contributed by atoms with van der Waals surface area (Å²) in [5.74, 6) is 0. The van der Waals surface area contributed by atoms with Gasteiger partial charge in [0, 0.05) is 6.42 Å². The third-order valence-electron chi connectivity index (χ3n) is 6.32. The Morgan fingerprint density at radius 2 is 1.61 bits per heavy atom. The van der Waals surface area contributed by atoms with Gasteiger partial charge >= 0.3 is 13.3 Å². The van der Waals surface area contributed by atoms with Crippen LogP contribution in [-0.4, -0.2) is 24.0 Å². The fraction of sp³-hybridized carbons (Fsp3) is 0.423. The van der Waals surface area contributed by atoms with E-state index in [1.54, 1.807) is 6.92 Å². The lowest BCUT2D eigenvalue weighted by atomic mass is 9.78. The van der Waals surface area contributed by atoms with Crippen molar-refractivity contribution in [2.45, 2.75) is 72.3 Å². The number of benzene rings is 2. The SMILES string of the molecule is C=C(C)CC(=Nc1cc(C)c(C(F)(F)F)cc1C)c1cccc(B2OC(C)(C)C(C)(C)O2)c1. The van der Waals surface area contributed by atoms with Gasteiger partial charge in [0.1, 0.15) is 0 Å². The first-order valence-corrected chi connectivity index (χ1v) is 11.0. The summed E-state index contributed by atoms with van der Waals surface area (Å²) >= 11 is 0. The summed E-state index contributed by atoms with van der Waals surface area (Å²) in [6, 6.07) is 10.4. The van der Waals surface area contributed by atoms with E-state index < -0.39 is 30.1 Å². The van der Waals surface area contributed by atoms with Crippen LogP contribution in [0.15, 0.2) is 53.5 Å². The van der Waals surface area contributed by atoms with Crippen LogP contribution in [0.5, 0.6) is 0 Å². The van der Waals surface area contributed by atoms with Gasteiger partial charge in [0.2, 0.25) is 0 Å². The lowest BCUT2D eigenvalue weighted by Gasteiger charge is -2.32. The van der Waals surface area contributed by atoms with Crippen LogP contribution >= 0.6 is 0 Å². The second-order valence-electron chi connectivity index (χ2n) is 9.86. The Kier molecular flexibility index (Phi) is 6.71. The number of rotatable bonds is 5. The van der Waals surface area contributed by atoms with Crippen LogP contribution in [-0.2, 0) is 15.5 Å². The molecule has 3 rings (SSSR count). The second kappa shape index (κ2) is 8.77. The first-order valence-electron chi connectivity index (χ1n) is 11.0. The minimum absolute atomic E-state index is 0.146. The molecule has 1 heterocycles. The zero-order chi connectivity index (χ0) is 24.8. The molecule has 3 nitrogen and oxygen atoms in total. The molecule has 1 fully saturated rings. The molecule has 7 heteroatoms. The molecule has 0 unspecified atom stereocenters. The van der Waals surface area contributed by atoms with Crippen molar-refractivity contribution in [3.8, 4) is 0 Å². The molecule has 0 spiro atoms. The Bertz CT molecular complexity index is 1090. The maximum atomic E-state index is 13.3. The zero-order valence-electron chi connectivity index (χ0n) is 20.4. The van der Waals surface area contributed by atoms with Gasteiger partial charge in [0.05, 0.1) is 28.2 Å². The van der Waals surface area contributed by atoms with Crippen LogP contribution in [0.25, 0.3) is 0 Å². The summed E-state index contributed by atoms with van der Waals surface area (Å²) in [5.41, 5.74) is 2.90. The van der Waals surface area contributed by atoms with E-state index in [1.165, 1.54) is 13.0 Å².